The van der Waals surface area contributed by atoms with Crippen molar-refractivity contribution in [3.63, 3.8) is 0 Å². The van der Waals surface area contributed by atoms with Crippen LogP contribution in [0.1, 0.15) is 0 Å². The van der Waals surface area contributed by atoms with Gasteiger partial charge in [0.2, 0.25) is 0 Å². The van der Waals surface area contributed by atoms with E-state index in [1.807, 2.05) is 7.05 Å². The van der Waals surface area contributed by atoms with E-state index in [-0.39, 0.29) is 0 Å². The average molecular weight is 289 g/mol. The summed E-state index contributed by atoms with van der Waals surface area (Å²) in [6.45, 7) is 0. The largest absolute Gasteiger partial charge is 0.350 e. The minimum Gasteiger partial charge on any atom is -0.350 e. The van der Waals surface area contributed by atoms with Gasteiger partial charge in [0, 0.05) is 27.6 Å². The highest BCUT2D eigenvalue weighted by Crippen LogP contribution is 2.28. The van der Waals surface area contributed by atoms with Crippen molar-refractivity contribution in [1.82, 2.24) is 4.57 Å². The minimum absolute atomic E-state index is 1.10. The molecule has 0 fully saturated rings. The molecule has 0 saturated carbocycles. The first-order valence-electron chi connectivity index (χ1n) is 3.58. The van der Waals surface area contributed by atoms with Crippen molar-refractivity contribution >= 4 is 42.8 Å². The van der Waals surface area contributed by atoms with Crippen LogP contribution in [-0.4, -0.2) is 4.57 Å². The molecule has 0 aliphatic carbocycles. The van der Waals surface area contributed by atoms with Crippen molar-refractivity contribution in [2.24, 2.45) is 7.05 Å². The van der Waals surface area contributed by atoms with E-state index in [1.54, 1.807) is 0 Å². The van der Waals surface area contributed by atoms with Gasteiger partial charge in [0.25, 0.3) is 0 Å². The van der Waals surface area contributed by atoms with Gasteiger partial charge in [-0.3, -0.25) is 0 Å². The van der Waals surface area contributed by atoms with E-state index in [0.29, 0.717) is 0 Å². The van der Waals surface area contributed by atoms with Gasteiger partial charge >= 0.3 is 0 Å². The number of aryl methyl sites for hydroxylation is 1. The van der Waals surface area contributed by atoms with Crippen molar-refractivity contribution in [2.45, 2.75) is 0 Å². The summed E-state index contributed by atoms with van der Waals surface area (Å²) in [5, 5.41) is 1.25. The van der Waals surface area contributed by atoms with Gasteiger partial charge in [0.15, 0.2) is 0 Å². The lowest BCUT2D eigenvalue weighted by Gasteiger charge is -1.99. The van der Waals surface area contributed by atoms with Crippen LogP contribution in [0.15, 0.2) is 33.3 Å². The Labute approximate surface area is 87.6 Å². The summed E-state index contributed by atoms with van der Waals surface area (Å²) in [6, 6.07) is 6.27. The first-order valence-corrected chi connectivity index (χ1v) is 5.17. The number of fused-ring (bicyclic) bond motifs is 1. The van der Waals surface area contributed by atoms with Crippen LogP contribution in [0.25, 0.3) is 10.9 Å². The van der Waals surface area contributed by atoms with E-state index in [0.717, 1.165) is 8.95 Å². The third-order valence-electron chi connectivity index (χ3n) is 1.89. The molecule has 0 aliphatic heterocycles. The quantitative estimate of drug-likeness (QED) is 0.697. The lowest BCUT2D eigenvalue weighted by Crippen LogP contribution is -1.84. The molecule has 0 unspecified atom stereocenters. The van der Waals surface area contributed by atoms with Crippen LogP contribution in [0, 0.1) is 0 Å². The maximum Gasteiger partial charge on any atom is 0.0622 e. The standard InChI is InChI=1S/C9H7Br2N/c1-12-3-2-6-4-7(10)5-8(11)9(6)12/h2-5H,1H3. The lowest BCUT2D eigenvalue weighted by atomic mass is 10.2. The van der Waals surface area contributed by atoms with Gasteiger partial charge in [0.1, 0.15) is 0 Å². The zero-order chi connectivity index (χ0) is 8.72. The van der Waals surface area contributed by atoms with Crippen LogP contribution in [0.2, 0.25) is 0 Å². The van der Waals surface area contributed by atoms with Gasteiger partial charge in [0.05, 0.1) is 5.52 Å². The summed E-state index contributed by atoms with van der Waals surface area (Å²) >= 11 is 6.98. The molecule has 1 aromatic carbocycles. The summed E-state index contributed by atoms with van der Waals surface area (Å²) in [7, 11) is 2.04. The number of nitrogens with zero attached hydrogens (tertiary/aromatic N) is 1. The Hall–Kier alpha value is -0.280. The van der Waals surface area contributed by atoms with Gasteiger partial charge < -0.3 is 4.57 Å². The summed E-state index contributed by atoms with van der Waals surface area (Å²) in [6.07, 6.45) is 2.06. The highest BCUT2D eigenvalue weighted by atomic mass is 79.9. The summed E-state index contributed by atoms with van der Waals surface area (Å²) in [5.41, 5.74) is 1.23. The van der Waals surface area contributed by atoms with Crippen LogP contribution in [0.3, 0.4) is 0 Å². The van der Waals surface area contributed by atoms with E-state index >= 15 is 0 Å². The van der Waals surface area contributed by atoms with E-state index in [9.17, 15) is 0 Å². The molecular formula is C9H7Br2N. The van der Waals surface area contributed by atoms with Crippen LogP contribution < -0.4 is 0 Å². The molecular weight excluding hydrogens is 282 g/mol. The minimum atomic E-state index is 1.10. The van der Waals surface area contributed by atoms with E-state index in [2.05, 4.69) is 60.8 Å². The molecule has 0 atom stereocenters. The number of halogens is 2. The van der Waals surface area contributed by atoms with Crippen molar-refractivity contribution in [1.29, 1.82) is 0 Å². The molecule has 2 aromatic rings. The second-order valence-electron chi connectivity index (χ2n) is 2.75. The number of hydrogen-bond acceptors (Lipinski definition) is 0. The molecule has 0 bridgehead atoms. The van der Waals surface area contributed by atoms with Gasteiger partial charge in [-0.15, -0.1) is 0 Å². The Bertz CT molecular complexity index is 431. The number of hydrogen-bond donors (Lipinski definition) is 0. The fourth-order valence-electron chi connectivity index (χ4n) is 1.35. The maximum absolute atomic E-state index is 3.53. The Morgan fingerprint density at radius 2 is 2.00 bits per heavy atom. The lowest BCUT2D eigenvalue weighted by molar-refractivity contribution is 0.967. The van der Waals surface area contributed by atoms with Crippen LogP contribution in [0.4, 0.5) is 0 Å². The predicted octanol–water partition coefficient (Wildman–Crippen LogP) is 3.70. The van der Waals surface area contributed by atoms with E-state index in [4.69, 9.17) is 0 Å². The first-order chi connectivity index (χ1) is 5.68. The Balaban J connectivity index is 2.93. The van der Waals surface area contributed by atoms with Crippen LogP contribution in [-0.2, 0) is 7.05 Å². The van der Waals surface area contributed by atoms with Gasteiger partial charge in [-0.1, -0.05) is 15.9 Å². The third kappa shape index (κ3) is 1.21. The molecule has 0 amide bonds. The van der Waals surface area contributed by atoms with Crippen molar-refractivity contribution < 1.29 is 0 Å². The Morgan fingerprint density at radius 3 is 2.75 bits per heavy atom. The molecule has 1 aromatic heterocycles. The summed E-state index contributed by atoms with van der Waals surface area (Å²) in [4.78, 5) is 0. The number of aromatic nitrogens is 1. The molecule has 0 radical (unpaired) electrons. The highest BCUT2D eigenvalue weighted by molar-refractivity contribution is 9.11. The molecule has 0 spiro atoms. The summed E-state index contributed by atoms with van der Waals surface area (Å²) in [5.74, 6) is 0. The average Bonchev–Trinajstić information content (AvgIpc) is 2.31. The van der Waals surface area contributed by atoms with Crippen molar-refractivity contribution in [3.05, 3.63) is 33.3 Å². The van der Waals surface area contributed by atoms with Crippen molar-refractivity contribution in [3.8, 4) is 0 Å². The molecule has 3 heteroatoms. The zero-order valence-corrected chi connectivity index (χ0v) is 9.68. The molecule has 0 N–H and O–H groups in total. The monoisotopic (exact) mass is 287 g/mol. The number of rotatable bonds is 0. The molecule has 1 heterocycles. The molecule has 12 heavy (non-hydrogen) atoms. The van der Waals surface area contributed by atoms with Crippen LogP contribution in [0.5, 0.6) is 0 Å². The zero-order valence-electron chi connectivity index (χ0n) is 6.51. The fraction of sp³-hybridized carbons (Fsp3) is 0.111. The SMILES string of the molecule is Cn1ccc2cc(Br)cc(Br)c21. The second-order valence-corrected chi connectivity index (χ2v) is 4.52. The second kappa shape index (κ2) is 2.89. The fourth-order valence-corrected chi connectivity index (χ4v) is 2.89. The van der Waals surface area contributed by atoms with E-state index < -0.39 is 0 Å². The smallest absolute Gasteiger partial charge is 0.0622 e. The Morgan fingerprint density at radius 1 is 1.25 bits per heavy atom. The maximum atomic E-state index is 3.53. The molecule has 62 valence electrons. The van der Waals surface area contributed by atoms with Gasteiger partial charge in [-0.25, -0.2) is 0 Å². The normalized spacial score (nSPS) is 10.9. The molecule has 1 nitrogen and oxygen atoms in total. The molecule has 0 saturated heterocycles. The summed E-state index contributed by atoms with van der Waals surface area (Å²) < 4.78 is 4.33. The molecule has 0 aliphatic rings. The van der Waals surface area contributed by atoms with Crippen molar-refractivity contribution in [2.75, 3.05) is 0 Å². The third-order valence-corrected chi connectivity index (χ3v) is 2.95. The highest BCUT2D eigenvalue weighted by Gasteiger charge is 2.03. The van der Waals surface area contributed by atoms with E-state index in [1.165, 1.54) is 10.9 Å². The molecule has 2 rings (SSSR count). The van der Waals surface area contributed by atoms with Crippen LogP contribution >= 0.6 is 31.9 Å². The van der Waals surface area contributed by atoms with Gasteiger partial charge in [-0.05, 0) is 34.1 Å². The topological polar surface area (TPSA) is 4.93 Å². The number of benzene rings is 1. The first kappa shape index (κ1) is 8.32. The Kier molecular flexibility index (Phi) is 2.00. The van der Waals surface area contributed by atoms with Gasteiger partial charge in [-0.2, -0.15) is 0 Å². The predicted molar refractivity (Wildman–Crippen MR) is 58.3 cm³/mol.